The molecule has 0 aliphatic heterocycles. The van der Waals surface area contributed by atoms with E-state index in [-0.39, 0.29) is 18.9 Å². The first-order valence-corrected chi connectivity index (χ1v) is 11.5. The molecule has 36 heavy (non-hydrogen) atoms. The number of aromatic nitrogens is 1. The van der Waals surface area contributed by atoms with E-state index in [1.54, 1.807) is 20.3 Å². The zero-order valence-electron chi connectivity index (χ0n) is 20.2. The van der Waals surface area contributed by atoms with Crippen molar-refractivity contribution in [3.8, 4) is 17.2 Å². The number of aliphatic hydroxyl groups excluding tert-OH is 1. The Bertz CT molecular complexity index is 1180. The topological polar surface area (TPSA) is 90.3 Å². The molecule has 0 atom stereocenters. The molecular formula is C29H29NO6. The van der Waals surface area contributed by atoms with Gasteiger partial charge in [0.2, 0.25) is 0 Å². The number of pyridine rings is 1. The maximum Gasteiger partial charge on any atom is 0.196 e. The van der Waals surface area contributed by atoms with Gasteiger partial charge in [-0.3, -0.25) is 4.98 Å². The highest BCUT2D eigenvalue weighted by Crippen LogP contribution is 2.41. The van der Waals surface area contributed by atoms with E-state index >= 15 is 0 Å². The number of methoxy groups -OCH3 is 2. The molecule has 0 aliphatic carbocycles. The third kappa shape index (κ3) is 5.49. The Kier molecular flexibility index (Phi) is 8.17. The Morgan fingerprint density at radius 1 is 0.694 bits per heavy atom. The zero-order valence-corrected chi connectivity index (χ0v) is 20.2. The van der Waals surface area contributed by atoms with Crippen LogP contribution in [0.5, 0.6) is 17.2 Å². The van der Waals surface area contributed by atoms with Crippen molar-refractivity contribution in [1.29, 1.82) is 0 Å². The van der Waals surface area contributed by atoms with E-state index in [0.29, 0.717) is 5.75 Å². The summed E-state index contributed by atoms with van der Waals surface area (Å²) in [6.45, 7) is 0.470. The van der Waals surface area contributed by atoms with Crippen molar-refractivity contribution in [2.75, 3.05) is 27.4 Å². The monoisotopic (exact) mass is 487 g/mol. The zero-order chi connectivity index (χ0) is 25.4. The third-order valence-electron chi connectivity index (χ3n) is 5.86. The van der Waals surface area contributed by atoms with Crippen molar-refractivity contribution in [3.63, 3.8) is 0 Å². The second-order valence-electron chi connectivity index (χ2n) is 7.99. The van der Waals surface area contributed by atoms with E-state index in [9.17, 15) is 10.2 Å². The summed E-state index contributed by atoms with van der Waals surface area (Å²) in [7, 11) is 3.27. The van der Waals surface area contributed by atoms with E-state index in [1.807, 2.05) is 78.9 Å². The summed E-state index contributed by atoms with van der Waals surface area (Å²) in [5.74, 6) is 1.97. The summed E-state index contributed by atoms with van der Waals surface area (Å²) in [6, 6.07) is 28.8. The van der Waals surface area contributed by atoms with Gasteiger partial charge in [0.05, 0.1) is 26.5 Å². The SMILES string of the molecule is COc1ccc(C(OCCOc2ccnc(C(O)O)c2)(c2ccccc2)c2ccc(OC)cc2)cc1. The lowest BCUT2D eigenvalue weighted by atomic mass is 9.80. The molecule has 0 spiro atoms. The largest absolute Gasteiger partial charge is 0.497 e. The van der Waals surface area contributed by atoms with Crippen LogP contribution in [0.15, 0.2) is 97.2 Å². The van der Waals surface area contributed by atoms with Crippen LogP contribution in [0.1, 0.15) is 28.7 Å². The molecule has 7 heteroatoms. The summed E-state index contributed by atoms with van der Waals surface area (Å²) in [5, 5.41) is 18.7. The summed E-state index contributed by atoms with van der Waals surface area (Å²) in [5.41, 5.74) is 1.98. The molecular weight excluding hydrogens is 458 g/mol. The van der Waals surface area contributed by atoms with Crippen LogP contribution in [0.2, 0.25) is 0 Å². The Labute approximate surface area is 210 Å². The predicted octanol–water partition coefficient (Wildman–Crippen LogP) is 4.47. The molecule has 4 aromatic rings. The van der Waals surface area contributed by atoms with Crippen molar-refractivity contribution >= 4 is 0 Å². The van der Waals surface area contributed by atoms with Crippen LogP contribution < -0.4 is 14.2 Å². The second kappa shape index (κ2) is 11.7. The molecule has 7 nitrogen and oxygen atoms in total. The lowest BCUT2D eigenvalue weighted by molar-refractivity contribution is -0.0460. The Morgan fingerprint density at radius 2 is 1.25 bits per heavy atom. The van der Waals surface area contributed by atoms with E-state index < -0.39 is 11.9 Å². The van der Waals surface area contributed by atoms with Crippen molar-refractivity contribution in [1.82, 2.24) is 4.98 Å². The van der Waals surface area contributed by atoms with Crippen LogP contribution >= 0.6 is 0 Å². The fourth-order valence-electron chi connectivity index (χ4n) is 4.09. The molecule has 0 saturated heterocycles. The Balaban J connectivity index is 1.69. The first kappa shape index (κ1) is 25.2. The minimum atomic E-state index is -1.67. The molecule has 0 saturated carbocycles. The van der Waals surface area contributed by atoms with Crippen LogP contribution in [0, 0.1) is 0 Å². The Hall–Kier alpha value is -3.91. The third-order valence-corrected chi connectivity index (χ3v) is 5.86. The van der Waals surface area contributed by atoms with Gasteiger partial charge in [-0.15, -0.1) is 0 Å². The van der Waals surface area contributed by atoms with E-state index in [4.69, 9.17) is 18.9 Å². The van der Waals surface area contributed by atoms with Gasteiger partial charge in [0.25, 0.3) is 0 Å². The van der Waals surface area contributed by atoms with Gasteiger partial charge in [0.15, 0.2) is 6.29 Å². The molecule has 0 bridgehead atoms. The summed E-state index contributed by atoms with van der Waals surface area (Å²) < 4.78 is 23.3. The number of nitrogens with zero attached hydrogens (tertiary/aromatic N) is 1. The second-order valence-corrected chi connectivity index (χ2v) is 7.99. The van der Waals surface area contributed by atoms with Crippen molar-refractivity contribution < 1.29 is 29.2 Å². The van der Waals surface area contributed by atoms with Gasteiger partial charge in [0, 0.05) is 12.3 Å². The lowest BCUT2D eigenvalue weighted by Gasteiger charge is -2.36. The molecule has 4 rings (SSSR count). The van der Waals surface area contributed by atoms with Crippen LogP contribution in [0.25, 0.3) is 0 Å². The van der Waals surface area contributed by atoms with Gasteiger partial charge in [-0.25, -0.2) is 0 Å². The first-order chi connectivity index (χ1) is 17.6. The Morgan fingerprint density at radius 3 is 1.78 bits per heavy atom. The van der Waals surface area contributed by atoms with Crippen LogP contribution in [-0.2, 0) is 10.3 Å². The van der Waals surface area contributed by atoms with Gasteiger partial charge in [-0.2, -0.15) is 0 Å². The molecule has 2 N–H and O–H groups in total. The number of hydrogen-bond acceptors (Lipinski definition) is 7. The molecule has 0 amide bonds. The fourth-order valence-corrected chi connectivity index (χ4v) is 4.09. The number of benzene rings is 3. The highest BCUT2D eigenvalue weighted by atomic mass is 16.5. The smallest absolute Gasteiger partial charge is 0.196 e. The minimum absolute atomic E-state index is 0.114. The van der Waals surface area contributed by atoms with E-state index in [2.05, 4.69) is 4.98 Å². The lowest BCUT2D eigenvalue weighted by Crippen LogP contribution is -2.34. The van der Waals surface area contributed by atoms with Gasteiger partial charge in [-0.1, -0.05) is 54.6 Å². The van der Waals surface area contributed by atoms with Crippen molar-refractivity contribution in [2.45, 2.75) is 11.9 Å². The highest BCUT2D eigenvalue weighted by Gasteiger charge is 2.37. The molecule has 0 aliphatic rings. The summed E-state index contributed by atoms with van der Waals surface area (Å²) >= 11 is 0. The standard InChI is InChI=1S/C29H29NO6/c1-33-24-12-8-22(9-13-24)29(21-6-4-3-5-7-21,23-10-14-25(34-2)15-11-23)36-19-18-35-26-16-17-30-27(20-26)28(31)32/h3-17,20,28,31-32H,18-19H2,1-2H3. The first-order valence-electron chi connectivity index (χ1n) is 11.5. The normalized spacial score (nSPS) is 11.4. The van der Waals surface area contributed by atoms with E-state index in [0.717, 1.165) is 28.2 Å². The molecule has 0 radical (unpaired) electrons. The molecule has 0 unspecified atom stereocenters. The van der Waals surface area contributed by atoms with E-state index in [1.165, 1.54) is 12.3 Å². The summed E-state index contributed by atoms with van der Waals surface area (Å²) in [6.07, 6.45) is -0.200. The van der Waals surface area contributed by atoms with Gasteiger partial charge in [0.1, 0.15) is 29.5 Å². The van der Waals surface area contributed by atoms with Crippen LogP contribution in [0.4, 0.5) is 0 Å². The highest BCUT2D eigenvalue weighted by molar-refractivity contribution is 5.49. The molecule has 3 aromatic carbocycles. The van der Waals surface area contributed by atoms with Crippen molar-refractivity contribution in [3.05, 3.63) is 120 Å². The van der Waals surface area contributed by atoms with Crippen LogP contribution in [-0.4, -0.2) is 42.6 Å². The fraction of sp³-hybridized carbons (Fsp3) is 0.207. The number of aliphatic hydroxyl groups is 2. The van der Waals surface area contributed by atoms with Gasteiger partial charge < -0.3 is 29.2 Å². The average molecular weight is 488 g/mol. The molecule has 1 aromatic heterocycles. The van der Waals surface area contributed by atoms with Crippen molar-refractivity contribution in [2.24, 2.45) is 0 Å². The molecule has 186 valence electrons. The average Bonchev–Trinajstić information content (AvgIpc) is 2.94. The van der Waals surface area contributed by atoms with Gasteiger partial charge >= 0.3 is 0 Å². The maximum atomic E-state index is 9.37. The maximum absolute atomic E-state index is 9.37. The quantitative estimate of drug-likeness (QED) is 0.183. The van der Waals surface area contributed by atoms with Gasteiger partial charge in [-0.05, 0) is 47.0 Å². The molecule has 1 heterocycles. The number of hydrogen-bond donors (Lipinski definition) is 2. The predicted molar refractivity (Wildman–Crippen MR) is 135 cm³/mol. The number of rotatable bonds is 11. The minimum Gasteiger partial charge on any atom is -0.497 e. The summed E-state index contributed by atoms with van der Waals surface area (Å²) in [4.78, 5) is 3.92. The van der Waals surface area contributed by atoms with Crippen LogP contribution in [0.3, 0.4) is 0 Å². The number of ether oxygens (including phenoxy) is 4. The molecule has 0 fully saturated rings.